The van der Waals surface area contributed by atoms with Gasteiger partial charge in [0, 0.05) is 116 Å². The third-order valence-corrected chi connectivity index (χ3v) is 25.0. The smallest absolute Gasteiger partial charge is 0.250 e. The highest BCUT2D eigenvalue weighted by molar-refractivity contribution is 7.19. The van der Waals surface area contributed by atoms with Crippen molar-refractivity contribution in [2.24, 2.45) is 0 Å². The second-order valence-corrected chi connectivity index (χ2v) is 34.5. The highest BCUT2D eigenvalue weighted by Crippen LogP contribution is 2.44. The number of aliphatic hydroxyl groups excluding tert-OH is 1. The van der Waals surface area contributed by atoms with Gasteiger partial charge in [0.25, 0.3) is 0 Å². The van der Waals surface area contributed by atoms with Crippen molar-refractivity contribution in [3.63, 3.8) is 0 Å². The van der Waals surface area contributed by atoms with E-state index < -0.39 is 22.6 Å². The van der Waals surface area contributed by atoms with Crippen molar-refractivity contribution in [1.29, 1.82) is 15.8 Å². The highest BCUT2D eigenvalue weighted by Gasteiger charge is 2.41. The van der Waals surface area contributed by atoms with Crippen molar-refractivity contribution in [2.45, 2.75) is 75.3 Å². The Kier molecular flexibility index (Phi) is 30.8. The van der Waals surface area contributed by atoms with Gasteiger partial charge in [0.1, 0.15) is 25.6 Å². The second kappa shape index (κ2) is 41.9. The molecule has 3 amide bonds. The van der Waals surface area contributed by atoms with Crippen molar-refractivity contribution in [3.05, 3.63) is 333 Å². The van der Waals surface area contributed by atoms with Gasteiger partial charge < -0.3 is 40.2 Å². The predicted molar refractivity (Wildman–Crippen MR) is 488 cm³/mol. The van der Waals surface area contributed by atoms with Crippen LogP contribution in [0.5, 0.6) is 0 Å². The maximum Gasteiger partial charge on any atom is 0.250 e. The van der Waals surface area contributed by atoms with E-state index in [9.17, 15) is 39.7 Å². The number of β-amino-alcohol motifs (C(OH)–C–C–N with tert-alkyl or cyclic N) is 1. The van der Waals surface area contributed by atoms with Crippen LogP contribution in [0.1, 0.15) is 87.9 Å². The number of nitriles is 3. The van der Waals surface area contributed by atoms with Crippen LogP contribution in [-0.2, 0) is 58.5 Å². The molecular weight excluding hydrogens is 1700 g/mol. The van der Waals surface area contributed by atoms with E-state index in [4.69, 9.17) is 95.4 Å². The zero-order valence-electron chi connectivity index (χ0n) is 66.5. The van der Waals surface area contributed by atoms with Gasteiger partial charge in [-0.3, -0.25) is 24.2 Å². The molecule has 0 bridgehead atoms. The fourth-order valence-corrected chi connectivity index (χ4v) is 18.8. The topological polar surface area (TPSA) is 216 Å². The number of nitrogens with one attached hydrogen (secondary N) is 3. The number of thiophene rings is 1. The second-order valence-electron chi connectivity index (χ2n) is 30.3. The third-order valence-electron chi connectivity index (χ3n) is 22.2. The molecule has 3 saturated heterocycles. The van der Waals surface area contributed by atoms with Crippen LogP contribution in [-0.4, -0.2) is 110 Å². The Bertz CT molecular complexity index is 5800. The van der Waals surface area contributed by atoms with Crippen molar-refractivity contribution >= 4 is 137 Å². The Morgan fingerprint density at radius 1 is 0.418 bits per heavy atom. The summed E-state index contributed by atoms with van der Waals surface area (Å²) in [7, 11) is 0. The van der Waals surface area contributed by atoms with Gasteiger partial charge in [-0.05, 0) is 227 Å². The van der Waals surface area contributed by atoms with E-state index in [-0.39, 0.29) is 49.2 Å². The van der Waals surface area contributed by atoms with Gasteiger partial charge in [-0.1, -0.05) is 209 Å². The van der Waals surface area contributed by atoms with Crippen molar-refractivity contribution in [3.8, 4) is 51.6 Å². The number of carbonyl (C=O) groups is 3. The number of fused-ring (bicyclic) bond motifs is 1. The van der Waals surface area contributed by atoms with Crippen LogP contribution in [0.4, 0.5) is 21.5 Å². The molecule has 15 rings (SSSR count). The molecule has 1 aromatic heterocycles. The van der Waals surface area contributed by atoms with E-state index >= 15 is 0 Å². The minimum absolute atomic E-state index is 0.0677. The number of aliphatic hydroxyl groups is 1. The minimum Gasteiger partial charge on any atom is -0.395 e. The summed E-state index contributed by atoms with van der Waals surface area (Å²) in [6, 6.07) is 81.6. The van der Waals surface area contributed by atoms with Crippen LogP contribution in [0, 0.1) is 46.7 Å². The van der Waals surface area contributed by atoms with Crippen LogP contribution in [0.25, 0.3) is 43.5 Å². The molecule has 0 unspecified atom stereocenters. The first-order chi connectivity index (χ1) is 58.9. The Hall–Kier alpha value is -10.1. The average Bonchev–Trinajstić information content (AvgIpc) is 0.874. The Morgan fingerprint density at radius 3 is 1.15 bits per heavy atom. The lowest BCUT2D eigenvalue weighted by Crippen LogP contribution is -2.46. The first-order valence-electron chi connectivity index (χ1n) is 39.7. The molecule has 0 atom stereocenters. The molecule has 0 saturated carbocycles. The summed E-state index contributed by atoms with van der Waals surface area (Å²) in [5.41, 5.74) is 12.6. The molecule has 3 fully saturated rings. The Balaban J connectivity index is 0.000000159. The normalized spacial score (nSPS) is 14.9. The van der Waals surface area contributed by atoms with Gasteiger partial charge in [0.2, 0.25) is 17.7 Å². The summed E-state index contributed by atoms with van der Waals surface area (Å²) in [5.74, 6) is -1.48. The number of anilines is 3. The monoisotopic (exact) mass is 1780 g/mol. The zero-order valence-corrected chi connectivity index (χ0v) is 72.6. The Morgan fingerprint density at radius 2 is 0.779 bits per heavy atom. The van der Waals surface area contributed by atoms with E-state index in [1.165, 1.54) is 38.7 Å². The number of ether oxygens (including phenoxy) is 3. The van der Waals surface area contributed by atoms with Crippen LogP contribution in [0.3, 0.4) is 0 Å². The van der Waals surface area contributed by atoms with Crippen LogP contribution in [0.2, 0.25) is 35.2 Å². The van der Waals surface area contributed by atoms with E-state index in [1.54, 1.807) is 60.7 Å². The predicted octanol–water partition coefficient (Wildman–Crippen LogP) is 23.1. The molecule has 3 aliphatic heterocycles. The molecule has 16 nitrogen and oxygen atoms in total. The van der Waals surface area contributed by atoms with Crippen LogP contribution < -0.4 is 16.0 Å². The fourth-order valence-electron chi connectivity index (χ4n) is 15.7. The van der Waals surface area contributed by atoms with Crippen LogP contribution >= 0.6 is 92.5 Å². The third kappa shape index (κ3) is 23.6. The first kappa shape index (κ1) is 89.7. The molecule has 0 radical (unpaired) electrons. The summed E-state index contributed by atoms with van der Waals surface area (Å²) < 4.78 is 34.1. The molecule has 3 aliphatic rings. The molecule has 622 valence electrons. The summed E-state index contributed by atoms with van der Waals surface area (Å²) in [5, 5.41) is 49.8. The molecule has 11 aromatic carbocycles. The molecule has 0 spiro atoms. The van der Waals surface area contributed by atoms with Crippen LogP contribution in [0.15, 0.2) is 243 Å². The number of nitrogens with zero attached hydrogens (tertiary/aromatic N) is 6. The summed E-state index contributed by atoms with van der Waals surface area (Å²) in [6.07, 6.45) is 4.17. The van der Waals surface area contributed by atoms with Gasteiger partial charge in [0.05, 0.1) is 63.3 Å². The quantitative estimate of drug-likeness (QED) is 0.0443. The van der Waals surface area contributed by atoms with Crippen molar-refractivity contribution in [2.75, 3.05) is 88.2 Å². The maximum absolute atomic E-state index is 13.4. The SMILES string of the molecule is Cc1c(CN2CCC(OCC(=O)Nc3cc(Cl)cc(Cl)c3)(c3ccc(-c4cccc(C#N)c4)cc3)CC2)sc2ccccc12.N#Cc1cccc(-c2ccc(C3(OCC(=O)Nc4cc(Cl)cc(Cl)c4)CCN(Cc4cc(Cl)cc(Cl)c4)CC3)cc2)c1.N#Cc1cccc(-c2ccc(C3(OCC(=O)Nc4ccc(F)c(Cl)c4)CCN(CCO)CC3)cc2)c1. The van der Waals surface area contributed by atoms with Gasteiger partial charge in [-0.15, -0.1) is 11.3 Å². The van der Waals surface area contributed by atoms with Crippen molar-refractivity contribution in [1.82, 2.24) is 14.7 Å². The molecule has 4 heterocycles. The molecular formula is C97H85Cl7FN9O7S. The average molecular weight is 1790 g/mol. The zero-order chi connectivity index (χ0) is 85.9. The van der Waals surface area contributed by atoms with Gasteiger partial charge >= 0.3 is 0 Å². The van der Waals surface area contributed by atoms with Gasteiger partial charge in [0.15, 0.2) is 0 Å². The first-order valence-corrected chi connectivity index (χ1v) is 43.1. The number of halogens is 8. The summed E-state index contributed by atoms with van der Waals surface area (Å²) >= 11 is 44.6. The number of aryl methyl sites for hydroxylation is 1. The van der Waals surface area contributed by atoms with Crippen molar-refractivity contribution < 1.29 is 38.1 Å². The highest BCUT2D eigenvalue weighted by atomic mass is 35.5. The molecule has 122 heavy (non-hydrogen) atoms. The number of benzene rings is 11. The fraction of sp³-hybridized carbons (Fsp3) is 0.237. The molecule has 12 aromatic rings. The largest absolute Gasteiger partial charge is 0.395 e. The lowest BCUT2D eigenvalue weighted by atomic mass is 9.83. The summed E-state index contributed by atoms with van der Waals surface area (Å²) in [4.78, 5) is 47.0. The number of hydrogen-bond donors (Lipinski definition) is 4. The maximum atomic E-state index is 13.4. The van der Waals surface area contributed by atoms with E-state index in [1.807, 2.05) is 114 Å². The van der Waals surface area contributed by atoms with Gasteiger partial charge in [-0.2, -0.15) is 15.8 Å². The lowest BCUT2D eigenvalue weighted by molar-refractivity contribution is -0.135. The number of carbonyl (C=O) groups excluding carboxylic acids is 3. The number of piperidine rings is 3. The van der Waals surface area contributed by atoms with E-state index in [0.29, 0.717) is 103 Å². The molecule has 0 aliphatic carbocycles. The summed E-state index contributed by atoms with van der Waals surface area (Å²) in [6.45, 7) is 8.70. The van der Waals surface area contributed by atoms with Gasteiger partial charge in [-0.25, -0.2) is 4.39 Å². The number of rotatable bonds is 24. The van der Waals surface area contributed by atoms with E-state index in [2.05, 4.69) is 116 Å². The number of likely N-dealkylation sites (tertiary alicyclic amines) is 3. The number of hydrogen-bond acceptors (Lipinski definition) is 14. The molecule has 4 N–H and O–H groups in total. The molecule has 25 heteroatoms. The minimum atomic E-state index is -0.670. The Labute approximate surface area is 748 Å². The standard InChI is InChI=1S/C36H31Cl2N3O2S.C33H27Cl4N3O2.C28H27ClFN3O3/c1-24-32-7-2-3-8-33(32)44-34(24)22-41-15-13-36(14-16-41,43-23-35(42)40-31-19-29(37)18-30(38)20-31)28-11-9-26(10-12-28)27-6-4-5-25(17-27)21-39;34-27-13-23(14-28(35)15-27)20-40-10-8-33(9-11-40,42-21-32(41)39-31-17-29(36)16-30(37)18-31)26-6-4-24(5-7-26)25-3-1-2-22(12-25)19-38;29-25-17-24(8-9-26(25)30)32-27(35)19-36-28(10-12-33(13-11-28)14-15-34)23-6-4-21(5-7-23)22-3-1-2-20(16-22)18-31/h2-12,17-20H,13-16,22-23H2,1H3,(H,40,42);1-7,12-18H,8-11,20-21H2,(H,39,41);1-9,16-17,34H,10-15,19H2,(H,32,35). The number of amides is 3. The van der Waals surface area contributed by atoms with E-state index in [0.717, 1.165) is 114 Å². The lowest BCUT2D eigenvalue weighted by Gasteiger charge is -2.42.